The van der Waals surface area contributed by atoms with Gasteiger partial charge in [-0.1, -0.05) is 0 Å². The molecule has 1 aromatic rings. The Kier molecular flexibility index (Phi) is 5.91. The molecule has 0 aromatic carbocycles. The van der Waals surface area contributed by atoms with Crippen LogP contribution in [-0.2, 0) is 6.54 Å². The van der Waals surface area contributed by atoms with Gasteiger partial charge in [0, 0.05) is 34.4 Å². The molecular formula is C10H14BrF3N2S. The van der Waals surface area contributed by atoms with Crippen molar-refractivity contribution >= 4 is 27.3 Å². The number of alkyl halides is 3. The molecule has 0 atom stereocenters. The molecule has 0 fully saturated rings. The molecule has 1 heterocycles. The summed E-state index contributed by atoms with van der Waals surface area (Å²) in [4.78, 5) is 2.42. The first-order valence-corrected chi connectivity index (χ1v) is 6.73. The van der Waals surface area contributed by atoms with Crippen LogP contribution in [0.5, 0.6) is 0 Å². The number of hydrogen-bond donors (Lipinski definition) is 1. The minimum absolute atomic E-state index is 0.381. The first kappa shape index (κ1) is 14.9. The zero-order chi connectivity index (χ0) is 12.9. The molecule has 0 radical (unpaired) electrons. The van der Waals surface area contributed by atoms with Gasteiger partial charge in [-0.2, -0.15) is 13.2 Å². The number of rotatable bonds is 6. The number of thiophene rings is 1. The highest BCUT2D eigenvalue weighted by Crippen LogP contribution is 2.19. The Balaban J connectivity index is 2.12. The van der Waals surface area contributed by atoms with E-state index in [2.05, 4.69) is 21.2 Å². The molecule has 0 bridgehead atoms. The lowest BCUT2D eigenvalue weighted by Gasteiger charge is -2.18. The maximum Gasteiger partial charge on any atom is 0.401 e. The molecule has 1 aromatic heterocycles. The summed E-state index contributed by atoms with van der Waals surface area (Å²) in [5, 5.41) is 5.09. The van der Waals surface area contributed by atoms with Gasteiger partial charge in [-0.15, -0.1) is 11.3 Å². The average Bonchev–Trinajstić information content (AvgIpc) is 2.56. The largest absolute Gasteiger partial charge is 0.401 e. The Labute approximate surface area is 111 Å². The third-order valence-corrected chi connectivity index (χ3v) is 3.74. The number of nitrogens with zero attached hydrogens (tertiary/aromatic N) is 1. The van der Waals surface area contributed by atoms with Gasteiger partial charge in [-0.25, -0.2) is 0 Å². The predicted molar refractivity (Wildman–Crippen MR) is 67.3 cm³/mol. The van der Waals surface area contributed by atoms with Crippen molar-refractivity contribution in [2.75, 3.05) is 26.7 Å². The fourth-order valence-corrected chi connectivity index (χ4v) is 2.73. The summed E-state index contributed by atoms with van der Waals surface area (Å²) in [6.45, 7) is 0.753. The quantitative estimate of drug-likeness (QED) is 0.806. The summed E-state index contributed by atoms with van der Waals surface area (Å²) >= 11 is 4.96. The highest BCUT2D eigenvalue weighted by molar-refractivity contribution is 9.10. The van der Waals surface area contributed by atoms with Gasteiger partial charge in [0.1, 0.15) is 0 Å². The zero-order valence-corrected chi connectivity index (χ0v) is 11.8. The van der Waals surface area contributed by atoms with E-state index >= 15 is 0 Å². The van der Waals surface area contributed by atoms with Gasteiger partial charge in [0.2, 0.25) is 0 Å². The third-order valence-electron chi connectivity index (χ3n) is 2.04. The van der Waals surface area contributed by atoms with Crippen molar-refractivity contribution in [3.63, 3.8) is 0 Å². The molecule has 0 amide bonds. The van der Waals surface area contributed by atoms with Gasteiger partial charge >= 0.3 is 6.18 Å². The lowest BCUT2D eigenvalue weighted by molar-refractivity contribution is -0.142. The monoisotopic (exact) mass is 330 g/mol. The van der Waals surface area contributed by atoms with E-state index in [1.165, 1.54) is 11.9 Å². The van der Waals surface area contributed by atoms with Gasteiger partial charge < -0.3 is 5.32 Å². The standard InChI is InChI=1S/C10H14BrF3N2S/c1-16(7-10(12,13)14)3-2-15-5-9-4-8(11)6-17-9/h4,6,15H,2-3,5,7H2,1H3. The molecule has 0 spiro atoms. The minimum Gasteiger partial charge on any atom is -0.311 e. The normalized spacial score (nSPS) is 12.4. The van der Waals surface area contributed by atoms with Crippen LogP contribution in [0.15, 0.2) is 15.9 Å². The summed E-state index contributed by atoms with van der Waals surface area (Å²) in [6, 6.07) is 2.00. The van der Waals surface area contributed by atoms with Crippen molar-refractivity contribution in [2.24, 2.45) is 0 Å². The molecule has 0 aliphatic rings. The van der Waals surface area contributed by atoms with Gasteiger partial charge in [-0.05, 0) is 29.0 Å². The van der Waals surface area contributed by atoms with Crippen LogP contribution in [0.3, 0.4) is 0 Å². The molecule has 17 heavy (non-hydrogen) atoms. The van der Waals surface area contributed by atoms with Gasteiger partial charge in [-0.3, -0.25) is 4.90 Å². The topological polar surface area (TPSA) is 15.3 Å². The fourth-order valence-electron chi connectivity index (χ4n) is 1.31. The van der Waals surface area contributed by atoms with Crippen LogP contribution >= 0.6 is 27.3 Å². The van der Waals surface area contributed by atoms with E-state index in [-0.39, 0.29) is 0 Å². The van der Waals surface area contributed by atoms with E-state index in [0.29, 0.717) is 19.6 Å². The lowest BCUT2D eigenvalue weighted by Crippen LogP contribution is -2.35. The Morgan fingerprint density at radius 2 is 2.18 bits per heavy atom. The van der Waals surface area contributed by atoms with E-state index < -0.39 is 12.7 Å². The van der Waals surface area contributed by atoms with Crippen LogP contribution in [0.25, 0.3) is 0 Å². The maximum absolute atomic E-state index is 12.0. The second-order valence-electron chi connectivity index (χ2n) is 3.76. The SMILES string of the molecule is CN(CCNCc1cc(Br)cs1)CC(F)(F)F. The summed E-state index contributed by atoms with van der Waals surface area (Å²) in [6.07, 6.45) is -4.12. The van der Waals surface area contributed by atoms with Crippen molar-refractivity contribution in [3.8, 4) is 0 Å². The molecule has 0 unspecified atom stereocenters. The molecule has 0 aliphatic carbocycles. The Morgan fingerprint density at radius 1 is 1.47 bits per heavy atom. The Morgan fingerprint density at radius 3 is 2.71 bits per heavy atom. The van der Waals surface area contributed by atoms with Crippen LogP contribution in [-0.4, -0.2) is 37.8 Å². The number of hydrogen-bond acceptors (Lipinski definition) is 3. The van der Waals surface area contributed by atoms with Crippen molar-refractivity contribution in [3.05, 3.63) is 20.8 Å². The highest BCUT2D eigenvalue weighted by Gasteiger charge is 2.28. The minimum atomic E-state index is -4.12. The Bertz CT molecular complexity index is 341. The summed E-state index contributed by atoms with van der Waals surface area (Å²) in [5.74, 6) is 0. The first-order valence-electron chi connectivity index (χ1n) is 5.06. The molecule has 2 nitrogen and oxygen atoms in total. The molecule has 1 N–H and O–H groups in total. The van der Waals surface area contributed by atoms with Crippen LogP contribution in [0.2, 0.25) is 0 Å². The van der Waals surface area contributed by atoms with Crippen LogP contribution in [0.4, 0.5) is 13.2 Å². The van der Waals surface area contributed by atoms with E-state index in [4.69, 9.17) is 0 Å². The number of likely N-dealkylation sites (N-methyl/N-ethyl adjacent to an activating group) is 1. The summed E-state index contributed by atoms with van der Waals surface area (Å²) < 4.78 is 37.1. The zero-order valence-electron chi connectivity index (χ0n) is 9.35. The van der Waals surface area contributed by atoms with Crippen molar-refractivity contribution in [1.29, 1.82) is 0 Å². The van der Waals surface area contributed by atoms with E-state index in [1.54, 1.807) is 11.3 Å². The van der Waals surface area contributed by atoms with Gasteiger partial charge in [0.15, 0.2) is 0 Å². The molecule has 0 saturated heterocycles. The van der Waals surface area contributed by atoms with E-state index in [0.717, 1.165) is 9.35 Å². The number of halogens is 4. The van der Waals surface area contributed by atoms with Crippen molar-refractivity contribution in [1.82, 2.24) is 10.2 Å². The van der Waals surface area contributed by atoms with Crippen molar-refractivity contribution in [2.45, 2.75) is 12.7 Å². The summed E-state index contributed by atoms with van der Waals surface area (Å²) in [7, 11) is 1.47. The average molecular weight is 331 g/mol. The van der Waals surface area contributed by atoms with Gasteiger partial charge in [0.05, 0.1) is 6.54 Å². The maximum atomic E-state index is 12.0. The molecule has 1 rings (SSSR count). The second kappa shape index (κ2) is 6.72. The highest BCUT2D eigenvalue weighted by atomic mass is 79.9. The molecule has 98 valence electrons. The van der Waals surface area contributed by atoms with Crippen LogP contribution < -0.4 is 5.32 Å². The first-order chi connectivity index (χ1) is 7.87. The molecule has 0 aliphatic heterocycles. The molecule has 7 heteroatoms. The molecule has 0 saturated carbocycles. The van der Waals surface area contributed by atoms with Crippen LogP contribution in [0.1, 0.15) is 4.88 Å². The summed E-state index contributed by atoms with van der Waals surface area (Å²) in [5.41, 5.74) is 0. The van der Waals surface area contributed by atoms with E-state index in [1.807, 2.05) is 11.4 Å². The number of nitrogens with one attached hydrogen (secondary N) is 1. The predicted octanol–water partition coefficient (Wildman–Crippen LogP) is 3.09. The van der Waals surface area contributed by atoms with Gasteiger partial charge in [0.25, 0.3) is 0 Å². The fraction of sp³-hybridized carbons (Fsp3) is 0.600. The smallest absolute Gasteiger partial charge is 0.311 e. The van der Waals surface area contributed by atoms with Crippen LogP contribution in [0, 0.1) is 0 Å². The molecular weight excluding hydrogens is 317 g/mol. The third kappa shape index (κ3) is 7.03. The Hall–Kier alpha value is -0.110. The second-order valence-corrected chi connectivity index (χ2v) is 5.67. The van der Waals surface area contributed by atoms with Crippen molar-refractivity contribution < 1.29 is 13.2 Å². The van der Waals surface area contributed by atoms with E-state index in [9.17, 15) is 13.2 Å². The lowest BCUT2D eigenvalue weighted by atomic mass is 10.4.